The fourth-order valence-electron chi connectivity index (χ4n) is 2.92. The second kappa shape index (κ2) is 6.02. The van der Waals surface area contributed by atoms with Gasteiger partial charge < -0.3 is 15.4 Å². The molecule has 0 aromatic carbocycles. The molecule has 0 bridgehead atoms. The number of ether oxygens (including phenoxy) is 1. The maximum Gasteiger partial charge on any atom is 0.227 e. The van der Waals surface area contributed by atoms with Crippen molar-refractivity contribution in [2.24, 2.45) is 17.6 Å². The van der Waals surface area contributed by atoms with Crippen LogP contribution >= 0.6 is 0 Å². The highest BCUT2D eigenvalue weighted by molar-refractivity contribution is 5.80. The van der Waals surface area contributed by atoms with E-state index in [1.165, 1.54) is 0 Å². The Morgan fingerprint density at radius 1 is 1.39 bits per heavy atom. The Balaban J connectivity index is 1.79. The van der Waals surface area contributed by atoms with Crippen LogP contribution in [0.2, 0.25) is 0 Å². The van der Waals surface area contributed by atoms with Gasteiger partial charge in [-0.15, -0.1) is 0 Å². The standard InChI is InChI=1S/C14H26N2O2/c1-10(2)9-18-11-6-7-16(8-11)14(17)12-4-3-5-13(12)15/h10-13H,3-9,15H2,1-2H3/t11-,12-,13+/m1/s1. The average molecular weight is 254 g/mol. The molecule has 1 saturated heterocycles. The number of likely N-dealkylation sites (tertiary alicyclic amines) is 1. The summed E-state index contributed by atoms with van der Waals surface area (Å²) < 4.78 is 5.81. The van der Waals surface area contributed by atoms with Crippen molar-refractivity contribution in [3.05, 3.63) is 0 Å². The molecule has 1 saturated carbocycles. The predicted octanol–water partition coefficient (Wildman–Crippen LogP) is 1.39. The predicted molar refractivity (Wildman–Crippen MR) is 71.1 cm³/mol. The van der Waals surface area contributed by atoms with Gasteiger partial charge in [0.05, 0.1) is 12.0 Å². The highest BCUT2D eigenvalue weighted by atomic mass is 16.5. The van der Waals surface area contributed by atoms with Crippen molar-refractivity contribution in [1.82, 2.24) is 4.90 Å². The van der Waals surface area contributed by atoms with Crippen molar-refractivity contribution in [2.75, 3.05) is 19.7 Å². The van der Waals surface area contributed by atoms with Crippen molar-refractivity contribution in [3.8, 4) is 0 Å². The first-order valence-corrected chi connectivity index (χ1v) is 7.24. The molecule has 4 nitrogen and oxygen atoms in total. The molecule has 3 atom stereocenters. The van der Waals surface area contributed by atoms with E-state index in [-0.39, 0.29) is 24.0 Å². The molecular formula is C14H26N2O2. The smallest absolute Gasteiger partial charge is 0.227 e. The second-order valence-electron chi connectivity index (χ2n) is 6.12. The van der Waals surface area contributed by atoms with E-state index in [1.54, 1.807) is 0 Å². The first-order valence-electron chi connectivity index (χ1n) is 7.24. The second-order valence-corrected chi connectivity index (χ2v) is 6.12. The van der Waals surface area contributed by atoms with Gasteiger partial charge in [-0.05, 0) is 25.2 Å². The lowest BCUT2D eigenvalue weighted by Crippen LogP contribution is -2.41. The summed E-state index contributed by atoms with van der Waals surface area (Å²) in [6, 6.07) is 0.0770. The Labute approximate surface area is 110 Å². The van der Waals surface area contributed by atoms with Gasteiger partial charge in [-0.1, -0.05) is 20.3 Å². The number of carbonyl (C=O) groups is 1. The summed E-state index contributed by atoms with van der Waals surface area (Å²) in [5.41, 5.74) is 6.00. The van der Waals surface area contributed by atoms with Crippen LogP contribution in [0.25, 0.3) is 0 Å². The van der Waals surface area contributed by atoms with E-state index < -0.39 is 0 Å². The maximum atomic E-state index is 12.3. The third-order valence-corrected chi connectivity index (χ3v) is 4.01. The Bertz CT molecular complexity index is 294. The zero-order valence-electron chi connectivity index (χ0n) is 11.6. The molecule has 4 heteroatoms. The van der Waals surface area contributed by atoms with Crippen LogP contribution in [0.5, 0.6) is 0 Å². The van der Waals surface area contributed by atoms with Gasteiger partial charge >= 0.3 is 0 Å². The quantitative estimate of drug-likeness (QED) is 0.825. The van der Waals surface area contributed by atoms with Crippen LogP contribution in [-0.2, 0) is 9.53 Å². The van der Waals surface area contributed by atoms with Crippen molar-refractivity contribution in [1.29, 1.82) is 0 Å². The van der Waals surface area contributed by atoms with E-state index in [0.29, 0.717) is 5.92 Å². The van der Waals surface area contributed by atoms with Gasteiger partial charge in [0.1, 0.15) is 0 Å². The monoisotopic (exact) mass is 254 g/mol. The van der Waals surface area contributed by atoms with Gasteiger partial charge in [-0.2, -0.15) is 0 Å². The fraction of sp³-hybridized carbons (Fsp3) is 0.929. The normalized spacial score (nSPS) is 32.4. The first kappa shape index (κ1) is 13.8. The zero-order valence-corrected chi connectivity index (χ0v) is 11.6. The van der Waals surface area contributed by atoms with E-state index in [2.05, 4.69) is 13.8 Å². The average Bonchev–Trinajstić information content (AvgIpc) is 2.94. The molecule has 18 heavy (non-hydrogen) atoms. The summed E-state index contributed by atoms with van der Waals surface area (Å²) in [6.07, 6.45) is 4.26. The lowest BCUT2D eigenvalue weighted by molar-refractivity contribution is -0.135. The Morgan fingerprint density at radius 2 is 2.17 bits per heavy atom. The summed E-state index contributed by atoms with van der Waals surface area (Å²) in [5.74, 6) is 0.877. The highest BCUT2D eigenvalue weighted by Crippen LogP contribution is 2.27. The molecule has 2 fully saturated rings. The topological polar surface area (TPSA) is 55.6 Å². The first-order chi connectivity index (χ1) is 8.58. The van der Waals surface area contributed by atoms with Crippen LogP contribution < -0.4 is 5.73 Å². The molecule has 0 spiro atoms. The van der Waals surface area contributed by atoms with Gasteiger partial charge in [-0.25, -0.2) is 0 Å². The molecule has 2 rings (SSSR count). The third-order valence-electron chi connectivity index (χ3n) is 4.01. The van der Waals surface area contributed by atoms with Gasteiger partial charge in [0.15, 0.2) is 0 Å². The minimum absolute atomic E-state index is 0.0637. The van der Waals surface area contributed by atoms with E-state index >= 15 is 0 Å². The number of carbonyl (C=O) groups excluding carboxylic acids is 1. The van der Waals surface area contributed by atoms with Crippen molar-refractivity contribution in [3.63, 3.8) is 0 Å². The summed E-state index contributed by atoms with van der Waals surface area (Å²) in [5, 5.41) is 0. The van der Waals surface area contributed by atoms with E-state index in [0.717, 1.165) is 45.4 Å². The van der Waals surface area contributed by atoms with Gasteiger partial charge in [0, 0.05) is 25.7 Å². The summed E-state index contributed by atoms with van der Waals surface area (Å²) in [4.78, 5) is 14.3. The van der Waals surface area contributed by atoms with Gasteiger partial charge in [0.25, 0.3) is 0 Å². The Kier molecular flexibility index (Phi) is 4.62. The lowest BCUT2D eigenvalue weighted by atomic mass is 10.0. The molecule has 2 aliphatic rings. The summed E-state index contributed by atoms with van der Waals surface area (Å²) >= 11 is 0. The van der Waals surface area contributed by atoms with Crippen LogP contribution in [0.3, 0.4) is 0 Å². The Morgan fingerprint density at radius 3 is 2.78 bits per heavy atom. The van der Waals surface area contributed by atoms with Crippen molar-refractivity contribution in [2.45, 2.75) is 51.7 Å². The van der Waals surface area contributed by atoms with Crippen LogP contribution in [0, 0.1) is 11.8 Å². The van der Waals surface area contributed by atoms with Crippen molar-refractivity contribution >= 4 is 5.91 Å². The third kappa shape index (κ3) is 3.23. The molecule has 0 aromatic heterocycles. The molecular weight excluding hydrogens is 228 g/mol. The molecule has 0 radical (unpaired) electrons. The molecule has 1 aliphatic heterocycles. The summed E-state index contributed by atoms with van der Waals surface area (Å²) in [6.45, 7) is 6.68. The molecule has 0 unspecified atom stereocenters. The minimum Gasteiger partial charge on any atom is -0.376 e. The maximum absolute atomic E-state index is 12.3. The van der Waals surface area contributed by atoms with Crippen molar-refractivity contribution < 1.29 is 9.53 Å². The molecule has 0 aromatic rings. The number of amides is 1. The number of rotatable bonds is 4. The largest absolute Gasteiger partial charge is 0.376 e. The minimum atomic E-state index is 0.0637. The van der Waals surface area contributed by atoms with Crippen LogP contribution in [0.4, 0.5) is 0 Å². The van der Waals surface area contributed by atoms with E-state index in [1.807, 2.05) is 4.90 Å². The number of nitrogens with zero attached hydrogens (tertiary/aromatic N) is 1. The SMILES string of the molecule is CC(C)CO[C@@H]1CCN(C(=O)[C@@H]2CCC[C@@H]2N)C1. The lowest BCUT2D eigenvalue weighted by Gasteiger charge is -2.23. The molecule has 2 N–H and O–H groups in total. The number of hydrogen-bond acceptors (Lipinski definition) is 3. The molecule has 1 aliphatic carbocycles. The summed E-state index contributed by atoms with van der Waals surface area (Å²) in [7, 11) is 0. The molecule has 1 amide bonds. The molecule has 104 valence electrons. The fourth-order valence-corrected chi connectivity index (χ4v) is 2.92. The van der Waals surface area contributed by atoms with Gasteiger partial charge in [0.2, 0.25) is 5.91 Å². The number of hydrogen-bond donors (Lipinski definition) is 1. The zero-order chi connectivity index (χ0) is 13.1. The Hall–Kier alpha value is -0.610. The van der Waals surface area contributed by atoms with Crippen LogP contribution in [0.1, 0.15) is 39.5 Å². The van der Waals surface area contributed by atoms with Gasteiger partial charge in [-0.3, -0.25) is 4.79 Å². The molecule has 1 heterocycles. The highest BCUT2D eigenvalue weighted by Gasteiger charge is 2.36. The van der Waals surface area contributed by atoms with E-state index in [9.17, 15) is 4.79 Å². The van der Waals surface area contributed by atoms with Crippen LogP contribution in [-0.4, -0.2) is 42.6 Å². The van der Waals surface area contributed by atoms with E-state index in [4.69, 9.17) is 10.5 Å². The van der Waals surface area contributed by atoms with Crippen LogP contribution in [0.15, 0.2) is 0 Å². The number of nitrogens with two attached hydrogens (primary N) is 1.